The molecule has 3 aromatic rings. The van der Waals surface area contributed by atoms with Crippen molar-refractivity contribution in [2.75, 3.05) is 25.5 Å². The highest BCUT2D eigenvalue weighted by atomic mass is 16.2. The zero-order valence-electron chi connectivity index (χ0n) is 19.6. The first-order valence-electron chi connectivity index (χ1n) is 11.1. The molecule has 11 nitrogen and oxygen atoms in total. The van der Waals surface area contributed by atoms with E-state index in [1.54, 1.807) is 29.2 Å². The van der Waals surface area contributed by atoms with Crippen molar-refractivity contribution >= 4 is 28.8 Å². The molecule has 2 amide bonds. The molecule has 4 rings (SSSR count). The number of rotatable bonds is 6. The average molecular weight is 452 g/mol. The molecule has 1 aliphatic rings. The summed E-state index contributed by atoms with van der Waals surface area (Å²) in [6, 6.07) is -0.567. The summed E-state index contributed by atoms with van der Waals surface area (Å²) in [7, 11) is 1.77. The fourth-order valence-electron chi connectivity index (χ4n) is 3.99. The van der Waals surface area contributed by atoms with E-state index in [1.165, 1.54) is 6.33 Å². The molecule has 1 saturated heterocycles. The van der Waals surface area contributed by atoms with Crippen LogP contribution in [-0.4, -0.2) is 83.3 Å². The Balaban J connectivity index is 1.66. The molecule has 4 heterocycles. The van der Waals surface area contributed by atoms with Gasteiger partial charge in [0, 0.05) is 38.6 Å². The van der Waals surface area contributed by atoms with Gasteiger partial charge in [0.05, 0.1) is 12.1 Å². The molecule has 0 spiro atoms. The van der Waals surface area contributed by atoms with Crippen LogP contribution in [0.3, 0.4) is 0 Å². The predicted molar refractivity (Wildman–Crippen MR) is 123 cm³/mol. The first-order valence-corrected chi connectivity index (χ1v) is 11.1. The lowest BCUT2D eigenvalue weighted by molar-refractivity contribution is -0.147. The van der Waals surface area contributed by atoms with E-state index in [1.807, 2.05) is 32.3 Å². The predicted octanol–water partition coefficient (Wildman–Crippen LogP) is 1.49. The van der Waals surface area contributed by atoms with Crippen molar-refractivity contribution in [1.82, 2.24) is 39.3 Å². The van der Waals surface area contributed by atoms with Crippen molar-refractivity contribution in [3.8, 4) is 11.4 Å². The Morgan fingerprint density at radius 3 is 2.58 bits per heavy atom. The summed E-state index contributed by atoms with van der Waals surface area (Å²) in [5, 5.41) is 3.26. The molecule has 0 aliphatic carbocycles. The third-order valence-electron chi connectivity index (χ3n) is 6.08. The van der Waals surface area contributed by atoms with Gasteiger partial charge in [0.2, 0.25) is 11.8 Å². The van der Waals surface area contributed by atoms with Crippen LogP contribution >= 0.6 is 0 Å². The van der Waals surface area contributed by atoms with Gasteiger partial charge >= 0.3 is 0 Å². The van der Waals surface area contributed by atoms with E-state index in [-0.39, 0.29) is 24.4 Å². The second-order valence-corrected chi connectivity index (χ2v) is 8.27. The molecule has 0 saturated carbocycles. The van der Waals surface area contributed by atoms with Crippen molar-refractivity contribution < 1.29 is 9.59 Å². The van der Waals surface area contributed by atoms with E-state index < -0.39 is 6.04 Å². The van der Waals surface area contributed by atoms with Crippen LogP contribution in [0.15, 0.2) is 18.7 Å². The van der Waals surface area contributed by atoms with Crippen LogP contribution in [0.2, 0.25) is 0 Å². The number of amides is 2. The monoisotopic (exact) mass is 451 g/mol. The number of nitrogens with one attached hydrogen (secondary N) is 1. The maximum absolute atomic E-state index is 13.3. The lowest BCUT2D eigenvalue weighted by Crippen LogP contribution is -2.57. The van der Waals surface area contributed by atoms with E-state index in [0.717, 1.165) is 5.56 Å². The minimum atomic E-state index is -0.538. The maximum Gasteiger partial charge on any atom is 0.245 e. The zero-order chi connectivity index (χ0) is 23.7. The molecule has 0 aromatic carbocycles. The number of imidazole rings is 1. The van der Waals surface area contributed by atoms with Crippen LogP contribution in [-0.2, 0) is 16.1 Å². The SMILES string of the molecule is CC[C@H](Nc1ncnc2c1nc(-c1cnc(C)nc1)n2CC)C(=O)N1CC(=O)N(C)C(C)C1. The number of piperazine rings is 1. The van der Waals surface area contributed by atoms with Crippen molar-refractivity contribution in [3.63, 3.8) is 0 Å². The Bertz CT molecular complexity index is 1170. The lowest BCUT2D eigenvalue weighted by atomic mass is 10.1. The molecule has 11 heteroatoms. The summed E-state index contributed by atoms with van der Waals surface area (Å²) in [5.74, 6) is 1.66. The van der Waals surface area contributed by atoms with Crippen LogP contribution in [0.5, 0.6) is 0 Å². The van der Waals surface area contributed by atoms with Gasteiger partial charge < -0.3 is 19.7 Å². The van der Waals surface area contributed by atoms with Gasteiger partial charge in [-0.15, -0.1) is 0 Å². The van der Waals surface area contributed by atoms with Gasteiger partial charge in [-0.2, -0.15) is 0 Å². The third-order valence-corrected chi connectivity index (χ3v) is 6.08. The largest absolute Gasteiger partial charge is 0.356 e. The van der Waals surface area contributed by atoms with Gasteiger partial charge in [-0.3, -0.25) is 9.59 Å². The molecule has 3 aromatic heterocycles. The number of aryl methyl sites for hydroxylation is 2. The Kier molecular flexibility index (Phi) is 6.21. The van der Waals surface area contributed by atoms with Crippen LogP contribution < -0.4 is 5.32 Å². The number of fused-ring (bicyclic) bond motifs is 1. The van der Waals surface area contributed by atoms with Gasteiger partial charge in [0.1, 0.15) is 24.0 Å². The quantitative estimate of drug-likeness (QED) is 0.598. The van der Waals surface area contributed by atoms with Gasteiger partial charge in [0.25, 0.3) is 0 Å². The fourth-order valence-corrected chi connectivity index (χ4v) is 3.99. The summed E-state index contributed by atoms with van der Waals surface area (Å²) < 4.78 is 1.97. The highest BCUT2D eigenvalue weighted by Gasteiger charge is 2.33. The van der Waals surface area contributed by atoms with E-state index in [4.69, 9.17) is 4.98 Å². The summed E-state index contributed by atoms with van der Waals surface area (Å²) >= 11 is 0. The smallest absolute Gasteiger partial charge is 0.245 e. The molecule has 0 bridgehead atoms. The first kappa shape index (κ1) is 22.6. The van der Waals surface area contributed by atoms with Crippen LogP contribution in [0, 0.1) is 6.92 Å². The number of hydrogen-bond acceptors (Lipinski definition) is 8. The van der Waals surface area contributed by atoms with E-state index in [2.05, 4.69) is 25.3 Å². The van der Waals surface area contributed by atoms with Crippen molar-refractivity contribution in [3.05, 3.63) is 24.5 Å². The highest BCUT2D eigenvalue weighted by Crippen LogP contribution is 2.27. The van der Waals surface area contributed by atoms with Crippen molar-refractivity contribution in [2.45, 2.75) is 52.7 Å². The minimum Gasteiger partial charge on any atom is -0.356 e. The van der Waals surface area contributed by atoms with Crippen LogP contribution in [0.25, 0.3) is 22.6 Å². The average Bonchev–Trinajstić information content (AvgIpc) is 3.20. The lowest BCUT2D eigenvalue weighted by Gasteiger charge is -2.38. The molecule has 1 unspecified atom stereocenters. The molecule has 1 N–H and O–H groups in total. The molecular weight excluding hydrogens is 422 g/mol. The summed E-state index contributed by atoms with van der Waals surface area (Å²) in [6.07, 6.45) is 5.47. The Hall–Kier alpha value is -3.63. The Morgan fingerprint density at radius 2 is 1.94 bits per heavy atom. The fraction of sp³-hybridized carbons (Fsp3) is 0.500. The topological polar surface area (TPSA) is 122 Å². The third kappa shape index (κ3) is 4.22. The maximum atomic E-state index is 13.3. The molecule has 174 valence electrons. The molecule has 2 atom stereocenters. The molecule has 1 aliphatic heterocycles. The van der Waals surface area contributed by atoms with E-state index in [0.29, 0.717) is 48.1 Å². The van der Waals surface area contributed by atoms with Crippen LogP contribution in [0.4, 0.5) is 5.82 Å². The number of hydrogen-bond donors (Lipinski definition) is 1. The minimum absolute atomic E-state index is 0.0296. The van der Waals surface area contributed by atoms with Gasteiger partial charge in [-0.1, -0.05) is 6.92 Å². The van der Waals surface area contributed by atoms with Crippen molar-refractivity contribution in [2.24, 2.45) is 0 Å². The van der Waals surface area contributed by atoms with E-state index >= 15 is 0 Å². The first-order chi connectivity index (χ1) is 15.8. The number of anilines is 1. The second kappa shape index (κ2) is 9.08. The number of likely N-dealkylation sites (N-methyl/N-ethyl adjacent to an activating group) is 1. The summed E-state index contributed by atoms with van der Waals surface area (Å²) in [6.45, 7) is 8.94. The standard InChI is InChI=1S/C22H29N9O2/c1-6-16(22(33)30-10-13(3)29(5)17(32)11-30)27-19-18-21(26-12-25-19)31(7-2)20(28-18)15-8-23-14(4)24-9-15/h8-9,12-13,16H,6-7,10-11H2,1-5H3,(H,25,26,27)/t13?,16-/m0/s1. The zero-order valence-corrected chi connectivity index (χ0v) is 19.6. The number of carbonyl (C=O) groups is 2. The van der Waals surface area contributed by atoms with Crippen molar-refractivity contribution in [1.29, 1.82) is 0 Å². The second-order valence-electron chi connectivity index (χ2n) is 8.27. The molecule has 33 heavy (non-hydrogen) atoms. The molecular formula is C22H29N9O2. The summed E-state index contributed by atoms with van der Waals surface area (Å²) in [5.41, 5.74) is 2.01. The summed E-state index contributed by atoms with van der Waals surface area (Å²) in [4.78, 5) is 51.0. The molecule has 1 fully saturated rings. The number of nitrogens with zero attached hydrogens (tertiary/aromatic N) is 8. The highest BCUT2D eigenvalue weighted by molar-refractivity contribution is 5.92. The van der Waals surface area contributed by atoms with Gasteiger partial charge in [-0.05, 0) is 27.2 Å². The van der Waals surface area contributed by atoms with Gasteiger partial charge in [-0.25, -0.2) is 24.9 Å². The Morgan fingerprint density at radius 1 is 1.21 bits per heavy atom. The number of carbonyl (C=O) groups excluding carboxylic acids is 2. The van der Waals surface area contributed by atoms with Crippen LogP contribution in [0.1, 0.15) is 33.0 Å². The Labute approximate surface area is 192 Å². The number of aromatic nitrogens is 6. The normalized spacial score (nSPS) is 17.5. The molecule has 0 radical (unpaired) electrons. The van der Waals surface area contributed by atoms with E-state index in [9.17, 15) is 9.59 Å². The van der Waals surface area contributed by atoms with Gasteiger partial charge in [0.15, 0.2) is 17.0 Å².